The first-order valence-electron chi connectivity index (χ1n) is 10.0. The van der Waals surface area contributed by atoms with Crippen molar-refractivity contribution in [3.8, 4) is 5.75 Å². The number of rotatable bonds is 5. The molecule has 0 aromatic heterocycles. The average molecular weight is 597 g/mol. The molecular formula is C23H22BrIN2O2S. The molecule has 4 nitrogen and oxygen atoms in total. The summed E-state index contributed by atoms with van der Waals surface area (Å²) in [5.41, 5.74) is 2.56. The number of nitrogens with one attached hydrogen (secondary N) is 1. The Kier molecular flexibility index (Phi) is 7.10. The molecule has 1 aliphatic heterocycles. The first-order chi connectivity index (χ1) is 14.5. The Labute approximate surface area is 204 Å². The normalized spacial score (nSPS) is 18.7. The number of hydrogen-bond donors (Lipinski definition) is 1. The van der Waals surface area contributed by atoms with Crippen LogP contribution in [0.15, 0.2) is 52.6 Å². The molecule has 2 aromatic rings. The summed E-state index contributed by atoms with van der Waals surface area (Å²) in [6.07, 6.45) is 7.47. The van der Waals surface area contributed by atoms with Gasteiger partial charge in [-0.2, -0.15) is 0 Å². The SMILES string of the molecule is O=C1/C(=C/c2ccc(OCc3ccc(I)cc3)c(Br)c2)NC(=S)N1C1CCCCC1. The molecule has 0 bridgehead atoms. The van der Waals surface area contributed by atoms with Gasteiger partial charge in [0.25, 0.3) is 5.91 Å². The third kappa shape index (κ3) is 5.06. The predicted molar refractivity (Wildman–Crippen MR) is 135 cm³/mol. The number of hydrogen-bond acceptors (Lipinski definition) is 3. The molecule has 1 saturated heterocycles. The molecule has 0 radical (unpaired) electrons. The Morgan fingerprint density at radius 1 is 1.17 bits per heavy atom. The van der Waals surface area contributed by atoms with Crippen LogP contribution in [0.4, 0.5) is 0 Å². The number of carbonyl (C=O) groups excluding carboxylic acids is 1. The topological polar surface area (TPSA) is 41.6 Å². The van der Waals surface area contributed by atoms with Crippen LogP contribution in [0.25, 0.3) is 6.08 Å². The molecule has 0 unspecified atom stereocenters. The van der Waals surface area contributed by atoms with E-state index in [-0.39, 0.29) is 11.9 Å². The summed E-state index contributed by atoms with van der Waals surface area (Å²) in [5, 5.41) is 3.63. The molecule has 30 heavy (non-hydrogen) atoms. The molecule has 1 aliphatic carbocycles. The maximum absolute atomic E-state index is 12.9. The molecule has 1 N–H and O–H groups in total. The van der Waals surface area contributed by atoms with Crippen LogP contribution in [-0.4, -0.2) is 22.0 Å². The number of nitrogens with zero attached hydrogens (tertiary/aromatic N) is 1. The van der Waals surface area contributed by atoms with Crippen LogP contribution in [0.3, 0.4) is 0 Å². The van der Waals surface area contributed by atoms with Gasteiger partial charge >= 0.3 is 0 Å². The van der Waals surface area contributed by atoms with Gasteiger partial charge in [0, 0.05) is 9.61 Å². The fraction of sp³-hybridized carbons (Fsp3) is 0.304. The Morgan fingerprint density at radius 3 is 2.60 bits per heavy atom. The lowest BCUT2D eigenvalue weighted by Gasteiger charge is -2.29. The number of halogens is 2. The van der Waals surface area contributed by atoms with Gasteiger partial charge in [0.2, 0.25) is 0 Å². The fourth-order valence-electron chi connectivity index (χ4n) is 3.85. The highest BCUT2D eigenvalue weighted by atomic mass is 127. The van der Waals surface area contributed by atoms with E-state index in [0.717, 1.165) is 47.0 Å². The highest BCUT2D eigenvalue weighted by Crippen LogP contribution is 2.30. The lowest BCUT2D eigenvalue weighted by Crippen LogP contribution is -2.41. The van der Waals surface area contributed by atoms with Crippen LogP contribution in [0.1, 0.15) is 43.2 Å². The van der Waals surface area contributed by atoms with Crippen LogP contribution >= 0.6 is 50.7 Å². The van der Waals surface area contributed by atoms with E-state index in [1.54, 1.807) is 4.90 Å². The molecule has 1 amide bonds. The number of thiocarbonyl (C=S) groups is 1. The Hall–Kier alpha value is -1.45. The maximum Gasteiger partial charge on any atom is 0.276 e. The molecule has 0 spiro atoms. The van der Waals surface area contributed by atoms with E-state index in [4.69, 9.17) is 17.0 Å². The van der Waals surface area contributed by atoms with Crippen molar-refractivity contribution in [1.29, 1.82) is 0 Å². The molecule has 2 fully saturated rings. The number of amides is 1. The molecule has 1 heterocycles. The summed E-state index contributed by atoms with van der Waals surface area (Å²) in [6, 6.07) is 14.3. The zero-order valence-corrected chi connectivity index (χ0v) is 20.9. The number of carbonyl (C=O) groups is 1. The zero-order chi connectivity index (χ0) is 21.1. The van der Waals surface area contributed by atoms with E-state index in [1.165, 1.54) is 9.99 Å². The molecule has 1 saturated carbocycles. The molecule has 156 valence electrons. The van der Waals surface area contributed by atoms with Crippen molar-refractivity contribution in [2.45, 2.75) is 44.8 Å². The van der Waals surface area contributed by atoms with Crippen molar-refractivity contribution in [2.24, 2.45) is 0 Å². The van der Waals surface area contributed by atoms with Crippen molar-refractivity contribution in [3.05, 3.63) is 67.3 Å². The van der Waals surface area contributed by atoms with Gasteiger partial charge in [-0.25, -0.2) is 0 Å². The fourth-order valence-corrected chi connectivity index (χ4v) is 5.06. The van der Waals surface area contributed by atoms with Gasteiger partial charge < -0.3 is 10.1 Å². The van der Waals surface area contributed by atoms with Gasteiger partial charge in [0.05, 0.1) is 4.47 Å². The second kappa shape index (κ2) is 9.78. The van der Waals surface area contributed by atoms with Crippen molar-refractivity contribution in [1.82, 2.24) is 10.2 Å². The molecule has 0 atom stereocenters. The molecule has 2 aliphatic rings. The molecular weight excluding hydrogens is 575 g/mol. The van der Waals surface area contributed by atoms with Crippen LogP contribution in [0.2, 0.25) is 0 Å². The van der Waals surface area contributed by atoms with Gasteiger partial charge in [-0.1, -0.05) is 37.5 Å². The third-order valence-corrected chi connectivity index (χ3v) is 7.06. The summed E-state index contributed by atoms with van der Waals surface area (Å²) < 4.78 is 7.99. The lowest BCUT2D eigenvalue weighted by atomic mass is 9.94. The minimum absolute atomic E-state index is 0.0259. The summed E-state index contributed by atoms with van der Waals surface area (Å²) >= 11 is 11.3. The Bertz CT molecular complexity index is 987. The van der Waals surface area contributed by atoms with Gasteiger partial charge in [-0.05, 0) is 105 Å². The van der Waals surface area contributed by atoms with Crippen molar-refractivity contribution < 1.29 is 9.53 Å². The average Bonchev–Trinajstić information content (AvgIpc) is 3.02. The molecule has 4 rings (SSSR count). The summed E-state index contributed by atoms with van der Waals surface area (Å²) in [6.45, 7) is 0.501. The molecule has 2 aromatic carbocycles. The standard InChI is InChI=1S/C23H22BrIN2O2S/c24-19-12-16(8-11-21(19)29-14-15-6-9-17(25)10-7-15)13-20-22(28)27(23(30)26-20)18-4-2-1-3-5-18/h6-13,18H,1-5,14H2,(H,26,30)/b20-13-. The number of benzene rings is 2. The second-order valence-electron chi connectivity index (χ2n) is 7.56. The number of ether oxygens (including phenoxy) is 1. The third-order valence-electron chi connectivity index (χ3n) is 5.42. The minimum Gasteiger partial charge on any atom is -0.488 e. The van der Waals surface area contributed by atoms with Gasteiger partial charge in [-0.3, -0.25) is 9.69 Å². The van der Waals surface area contributed by atoms with Crippen molar-refractivity contribution in [3.63, 3.8) is 0 Å². The predicted octanol–water partition coefficient (Wildman–Crippen LogP) is 6.02. The molecule has 7 heteroatoms. The van der Waals surface area contributed by atoms with E-state index in [1.807, 2.05) is 24.3 Å². The first kappa shape index (κ1) is 21.8. The second-order valence-corrected chi connectivity index (χ2v) is 10.0. The van der Waals surface area contributed by atoms with E-state index in [2.05, 4.69) is 68.1 Å². The summed E-state index contributed by atoms with van der Waals surface area (Å²) in [5.74, 6) is 0.739. The highest BCUT2D eigenvalue weighted by Gasteiger charge is 2.36. The van der Waals surface area contributed by atoms with Gasteiger partial charge in [-0.15, -0.1) is 0 Å². The largest absolute Gasteiger partial charge is 0.488 e. The van der Waals surface area contributed by atoms with Crippen LogP contribution < -0.4 is 10.1 Å². The quantitative estimate of drug-likeness (QED) is 0.260. The lowest BCUT2D eigenvalue weighted by molar-refractivity contribution is -0.124. The van der Waals surface area contributed by atoms with Crippen LogP contribution in [-0.2, 0) is 11.4 Å². The van der Waals surface area contributed by atoms with E-state index >= 15 is 0 Å². The Morgan fingerprint density at radius 2 is 1.90 bits per heavy atom. The van der Waals surface area contributed by atoms with Crippen molar-refractivity contribution in [2.75, 3.05) is 0 Å². The maximum atomic E-state index is 12.9. The first-order valence-corrected chi connectivity index (χ1v) is 12.3. The van der Waals surface area contributed by atoms with E-state index < -0.39 is 0 Å². The van der Waals surface area contributed by atoms with Gasteiger partial charge in [0.15, 0.2) is 5.11 Å². The van der Waals surface area contributed by atoms with E-state index in [9.17, 15) is 4.79 Å². The summed E-state index contributed by atoms with van der Waals surface area (Å²) in [4.78, 5) is 14.7. The van der Waals surface area contributed by atoms with Gasteiger partial charge in [0.1, 0.15) is 18.1 Å². The minimum atomic E-state index is -0.0259. The Balaban J connectivity index is 1.44. The van der Waals surface area contributed by atoms with Crippen molar-refractivity contribution >= 4 is 67.8 Å². The van der Waals surface area contributed by atoms with Crippen LogP contribution in [0, 0.1) is 3.57 Å². The van der Waals surface area contributed by atoms with E-state index in [0.29, 0.717) is 17.4 Å². The van der Waals surface area contributed by atoms with Crippen LogP contribution in [0.5, 0.6) is 5.75 Å². The summed E-state index contributed by atoms with van der Waals surface area (Å²) in [7, 11) is 0. The monoisotopic (exact) mass is 596 g/mol. The smallest absolute Gasteiger partial charge is 0.276 e. The zero-order valence-electron chi connectivity index (χ0n) is 16.4. The highest BCUT2D eigenvalue weighted by molar-refractivity contribution is 14.1.